The Morgan fingerprint density at radius 1 is 1.28 bits per heavy atom. The maximum Gasteiger partial charge on any atom is 0.434 e. The summed E-state index contributed by atoms with van der Waals surface area (Å²) in [6.07, 6.45) is -4.49. The summed E-state index contributed by atoms with van der Waals surface area (Å²) in [5, 5.41) is 1.03. The fourth-order valence-corrected chi connectivity index (χ4v) is 2.28. The van der Waals surface area contributed by atoms with Crippen LogP contribution < -0.4 is 5.73 Å². The van der Waals surface area contributed by atoms with Crippen LogP contribution >= 0.6 is 11.3 Å². The van der Waals surface area contributed by atoms with Crippen LogP contribution in [-0.4, -0.2) is 10.9 Å². The van der Waals surface area contributed by atoms with E-state index in [9.17, 15) is 18.0 Å². The molecule has 2 aromatic rings. The number of carbonyl (C=O) groups is 1. The van der Waals surface area contributed by atoms with Crippen LogP contribution in [0, 0.1) is 0 Å². The zero-order chi connectivity index (χ0) is 13.3. The van der Waals surface area contributed by atoms with Gasteiger partial charge in [-0.25, -0.2) is 4.98 Å². The third-order valence-corrected chi connectivity index (χ3v) is 3.09. The number of aromatic nitrogens is 1. The first-order valence-electron chi connectivity index (χ1n) is 4.81. The summed E-state index contributed by atoms with van der Waals surface area (Å²) in [6, 6.07) is 6.16. The predicted octanol–water partition coefficient (Wildman–Crippen LogP) is 2.93. The second-order valence-electron chi connectivity index (χ2n) is 3.45. The van der Waals surface area contributed by atoms with Crippen LogP contribution in [-0.2, 0) is 6.18 Å². The number of halogens is 3. The van der Waals surface area contributed by atoms with E-state index in [0.29, 0.717) is 5.56 Å². The summed E-state index contributed by atoms with van der Waals surface area (Å²) in [5.41, 5.74) is 4.65. The molecule has 0 atom stereocenters. The lowest BCUT2D eigenvalue weighted by Gasteiger charge is -2.03. The van der Waals surface area contributed by atoms with E-state index in [4.69, 9.17) is 5.73 Å². The largest absolute Gasteiger partial charge is 0.434 e. The lowest BCUT2D eigenvalue weighted by atomic mass is 10.1. The van der Waals surface area contributed by atoms with E-state index in [1.165, 1.54) is 12.1 Å². The zero-order valence-electron chi connectivity index (χ0n) is 8.86. The molecule has 2 N–H and O–H groups in total. The van der Waals surface area contributed by atoms with Gasteiger partial charge in [-0.2, -0.15) is 13.2 Å². The topological polar surface area (TPSA) is 56.0 Å². The van der Waals surface area contributed by atoms with Crippen molar-refractivity contribution in [2.24, 2.45) is 5.73 Å². The highest BCUT2D eigenvalue weighted by Gasteiger charge is 2.34. The second kappa shape index (κ2) is 4.41. The zero-order valence-corrected chi connectivity index (χ0v) is 9.68. The number of rotatable bonds is 2. The molecule has 1 amide bonds. The van der Waals surface area contributed by atoms with Crippen molar-refractivity contribution in [3.8, 4) is 10.6 Å². The van der Waals surface area contributed by atoms with Crippen LogP contribution in [0.3, 0.4) is 0 Å². The first-order valence-corrected chi connectivity index (χ1v) is 5.69. The molecular formula is C11H7F3N2OS. The molecule has 94 valence electrons. The van der Waals surface area contributed by atoms with Crippen LogP contribution in [0.15, 0.2) is 29.6 Å². The fraction of sp³-hybridized carbons (Fsp3) is 0.0909. The Labute approximate surface area is 104 Å². The van der Waals surface area contributed by atoms with Gasteiger partial charge in [0, 0.05) is 16.5 Å². The van der Waals surface area contributed by atoms with Gasteiger partial charge in [0.1, 0.15) is 5.01 Å². The molecule has 7 heteroatoms. The van der Waals surface area contributed by atoms with Gasteiger partial charge in [0.2, 0.25) is 5.91 Å². The van der Waals surface area contributed by atoms with E-state index >= 15 is 0 Å². The Bertz CT molecular complexity index is 592. The number of hydrogen-bond acceptors (Lipinski definition) is 3. The molecule has 0 aliphatic carbocycles. The minimum atomic E-state index is -4.49. The Morgan fingerprint density at radius 3 is 2.50 bits per heavy atom. The number of thiazole rings is 1. The van der Waals surface area contributed by atoms with Gasteiger partial charge < -0.3 is 5.73 Å². The van der Waals surface area contributed by atoms with E-state index < -0.39 is 17.8 Å². The highest BCUT2D eigenvalue weighted by molar-refractivity contribution is 7.13. The Morgan fingerprint density at radius 2 is 1.94 bits per heavy atom. The summed E-state index contributed by atoms with van der Waals surface area (Å²) in [7, 11) is 0. The number of alkyl halides is 3. The second-order valence-corrected chi connectivity index (χ2v) is 4.30. The Kier molecular flexibility index (Phi) is 3.08. The molecule has 1 aromatic heterocycles. The molecule has 1 heterocycles. The van der Waals surface area contributed by atoms with Crippen molar-refractivity contribution >= 4 is 17.2 Å². The molecule has 0 saturated heterocycles. The molecule has 0 fully saturated rings. The molecule has 3 nitrogen and oxygen atoms in total. The maximum absolute atomic E-state index is 12.4. The third-order valence-electron chi connectivity index (χ3n) is 2.22. The van der Waals surface area contributed by atoms with Gasteiger partial charge >= 0.3 is 6.18 Å². The molecule has 1 aromatic carbocycles. The maximum atomic E-state index is 12.4. The molecule has 0 aliphatic heterocycles. The number of primary amides is 1. The predicted molar refractivity (Wildman–Crippen MR) is 61.1 cm³/mol. The van der Waals surface area contributed by atoms with Gasteiger partial charge in [0.05, 0.1) is 0 Å². The van der Waals surface area contributed by atoms with Crippen molar-refractivity contribution in [3.63, 3.8) is 0 Å². The molecule has 0 aliphatic rings. The van der Waals surface area contributed by atoms with Crippen molar-refractivity contribution in [3.05, 3.63) is 40.9 Å². The van der Waals surface area contributed by atoms with Crippen LogP contribution in [0.4, 0.5) is 13.2 Å². The summed E-state index contributed by atoms with van der Waals surface area (Å²) >= 11 is 0.822. The van der Waals surface area contributed by atoms with E-state index in [0.717, 1.165) is 16.7 Å². The van der Waals surface area contributed by atoms with Gasteiger partial charge in [-0.3, -0.25) is 4.79 Å². The number of hydrogen-bond donors (Lipinski definition) is 1. The Hall–Kier alpha value is -1.89. The molecular weight excluding hydrogens is 265 g/mol. The van der Waals surface area contributed by atoms with Crippen LogP contribution in [0.5, 0.6) is 0 Å². The quantitative estimate of drug-likeness (QED) is 0.913. The number of nitrogens with two attached hydrogens (primary N) is 1. The molecule has 0 radical (unpaired) electrons. The van der Waals surface area contributed by atoms with Crippen molar-refractivity contribution in [2.75, 3.05) is 0 Å². The molecule has 0 spiro atoms. The molecule has 0 saturated carbocycles. The van der Waals surface area contributed by atoms with Crippen LogP contribution in [0.25, 0.3) is 10.6 Å². The van der Waals surface area contributed by atoms with Crippen LogP contribution in [0.2, 0.25) is 0 Å². The number of amides is 1. The monoisotopic (exact) mass is 272 g/mol. The van der Waals surface area contributed by atoms with E-state index in [-0.39, 0.29) is 10.6 Å². The van der Waals surface area contributed by atoms with E-state index in [1.54, 1.807) is 12.1 Å². The molecule has 18 heavy (non-hydrogen) atoms. The molecule has 0 unspecified atom stereocenters. The lowest BCUT2D eigenvalue weighted by Crippen LogP contribution is -2.12. The average molecular weight is 272 g/mol. The van der Waals surface area contributed by atoms with Gasteiger partial charge in [-0.15, -0.1) is 11.3 Å². The van der Waals surface area contributed by atoms with Gasteiger partial charge in [0.25, 0.3) is 0 Å². The first kappa shape index (κ1) is 12.6. The van der Waals surface area contributed by atoms with Crippen molar-refractivity contribution in [1.29, 1.82) is 0 Å². The lowest BCUT2D eigenvalue weighted by molar-refractivity contribution is -0.140. The highest BCUT2D eigenvalue weighted by atomic mass is 32.1. The first-order chi connectivity index (χ1) is 8.39. The number of nitrogens with zero attached hydrogens (tertiary/aromatic N) is 1. The summed E-state index contributed by atoms with van der Waals surface area (Å²) < 4.78 is 37.3. The van der Waals surface area contributed by atoms with Crippen molar-refractivity contribution < 1.29 is 18.0 Å². The van der Waals surface area contributed by atoms with Gasteiger partial charge in [0.15, 0.2) is 5.69 Å². The summed E-state index contributed by atoms with van der Waals surface area (Å²) in [5.74, 6) is -0.700. The smallest absolute Gasteiger partial charge is 0.366 e. The molecule has 0 bridgehead atoms. The van der Waals surface area contributed by atoms with E-state index in [2.05, 4.69) is 4.98 Å². The van der Waals surface area contributed by atoms with Gasteiger partial charge in [-0.1, -0.05) is 18.2 Å². The average Bonchev–Trinajstić information content (AvgIpc) is 2.77. The summed E-state index contributed by atoms with van der Waals surface area (Å²) in [4.78, 5) is 14.7. The minimum Gasteiger partial charge on any atom is -0.366 e. The molecule has 2 rings (SSSR count). The SMILES string of the molecule is NC(=O)c1ccccc1-c1nc(C(F)(F)F)cs1. The van der Waals surface area contributed by atoms with Crippen molar-refractivity contribution in [2.45, 2.75) is 6.18 Å². The Balaban J connectivity index is 2.50. The van der Waals surface area contributed by atoms with Crippen molar-refractivity contribution in [1.82, 2.24) is 4.98 Å². The minimum absolute atomic E-state index is 0.122. The normalized spacial score (nSPS) is 11.5. The fourth-order valence-electron chi connectivity index (χ4n) is 1.41. The van der Waals surface area contributed by atoms with E-state index in [1.807, 2.05) is 0 Å². The van der Waals surface area contributed by atoms with Crippen LogP contribution in [0.1, 0.15) is 16.1 Å². The van der Waals surface area contributed by atoms with Gasteiger partial charge in [-0.05, 0) is 6.07 Å². The number of carbonyl (C=O) groups excluding carboxylic acids is 1. The highest BCUT2D eigenvalue weighted by Crippen LogP contribution is 2.34. The summed E-state index contributed by atoms with van der Waals surface area (Å²) in [6.45, 7) is 0. The third kappa shape index (κ3) is 2.35. The standard InChI is InChI=1S/C11H7F3N2OS/c12-11(13,14)8-5-18-10(16-8)7-4-2-1-3-6(7)9(15)17/h1-5H,(H2,15,17). The number of benzene rings is 1.